The van der Waals surface area contributed by atoms with Crippen molar-refractivity contribution in [1.82, 2.24) is 4.90 Å². The summed E-state index contributed by atoms with van der Waals surface area (Å²) in [5, 5.41) is 2.97. The van der Waals surface area contributed by atoms with Crippen LogP contribution >= 0.6 is 35.0 Å². The first-order valence-corrected chi connectivity index (χ1v) is 9.82. The molecule has 1 N–H and O–H groups in total. The Labute approximate surface area is 152 Å². The van der Waals surface area contributed by atoms with Gasteiger partial charge in [-0.05, 0) is 37.5 Å². The minimum Gasteiger partial charge on any atom is -0.325 e. The maximum absolute atomic E-state index is 12.4. The Bertz CT molecular complexity index is 617. The highest BCUT2D eigenvalue weighted by Gasteiger charge is 2.67. The van der Waals surface area contributed by atoms with Crippen LogP contribution in [0.2, 0.25) is 0 Å². The molecule has 126 valence electrons. The quantitative estimate of drug-likeness (QED) is 0.808. The molecule has 1 amide bonds. The van der Waals surface area contributed by atoms with E-state index in [4.69, 9.17) is 23.2 Å². The molecule has 1 saturated heterocycles. The zero-order valence-electron chi connectivity index (χ0n) is 13.5. The lowest BCUT2D eigenvalue weighted by Gasteiger charge is -2.26. The molecule has 1 aliphatic carbocycles. The van der Waals surface area contributed by atoms with Crippen LogP contribution in [0.5, 0.6) is 0 Å². The first-order valence-electron chi connectivity index (χ1n) is 7.91. The zero-order chi connectivity index (χ0) is 16.7. The van der Waals surface area contributed by atoms with E-state index in [1.165, 1.54) is 17.1 Å². The van der Waals surface area contributed by atoms with E-state index in [9.17, 15) is 4.79 Å². The van der Waals surface area contributed by atoms with Crippen LogP contribution in [-0.2, 0) is 11.3 Å². The maximum atomic E-state index is 12.4. The normalized spacial score (nSPS) is 26.8. The lowest BCUT2D eigenvalue weighted by Crippen LogP contribution is -2.32. The Morgan fingerprint density at radius 3 is 2.57 bits per heavy atom. The molecule has 0 aromatic heterocycles. The van der Waals surface area contributed by atoms with Gasteiger partial charge in [-0.1, -0.05) is 12.1 Å². The average Bonchev–Trinajstić information content (AvgIpc) is 3.03. The monoisotopic (exact) mass is 372 g/mol. The molecule has 23 heavy (non-hydrogen) atoms. The highest BCUT2D eigenvalue weighted by atomic mass is 35.5. The third-order valence-electron chi connectivity index (χ3n) is 4.81. The maximum Gasteiger partial charge on any atom is 0.233 e. The van der Waals surface area contributed by atoms with Crippen molar-refractivity contribution >= 4 is 46.6 Å². The summed E-state index contributed by atoms with van der Waals surface area (Å²) < 4.78 is -0.933. The molecule has 2 fully saturated rings. The van der Waals surface area contributed by atoms with Crippen LogP contribution in [0.25, 0.3) is 0 Å². The van der Waals surface area contributed by atoms with Crippen molar-refractivity contribution in [2.45, 2.75) is 31.1 Å². The molecule has 0 radical (unpaired) electrons. The van der Waals surface area contributed by atoms with Gasteiger partial charge in [-0.25, -0.2) is 0 Å². The summed E-state index contributed by atoms with van der Waals surface area (Å²) in [5.41, 5.74) is 2.51. The van der Waals surface area contributed by atoms with Crippen LogP contribution < -0.4 is 5.32 Å². The van der Waals surface area contributed by atoms with Crippen LogP contribution in [0.1, 0.15) is 24.5 Å². The van der Waals surface area contributed by atoms with Crippen LogP contribution in [0.15, 0.2) is 18.2 Å². The molecule has 0 unspecified atom stereocenters. The highest BCUT2D eigenvalue weighted by molar-refractivity contribution is 7.99. The van der Waals surface area contributed by atoms with Gasteiger partial charge in [0.2, 0.25) is 5.91 Å². The van der Waals surface area contributed by atoms with Gasteiger partial charge in [0.1, 0.15) is 4.33 Å². The fraction of sp³-hybridized carbons (Fsp3) is 0.588. The van der Waals surface area contributed by atoms with Gasteiger partial charge in [0.15, 0.2) is 0 Å². The number of nitrogens with one attached hydrogen (secondary N) is 1. The number of thioether (sulfide) groups is 1. The zero-order valence-corrected chi connectivity index (χ0v) is 15.8. The van der Waals surface area contributed by atoms with Crippen molar-refractivity contribution in [3.05, 3.63) is 29.3 Å². The number of rotatable bonds is 4. The molecule has 3 nitrogen and oxygen atoms in total. The average molecular weight is 373 g/mol. The van der Waals surface area contributed by atoms with E-state index < -0.39 is 9.75 Å². The summed E-state index contributed by atoms with van der Waals surface area (Å²) in [7, 11) is 0. The Balaban J connectivity index is 1.64. The summed E-state index contributed by atoms with van der Waals surface area (Å²) in [5.74, 6) is 2.32. The van der Waals surface area contributed by atoms with Crippen LogP contribution in [0, 0.1) is 12.3 Å². The van der Waals surface area contributed by atoms with E-state index in [-0.39, 0.29) is 5.91 Å². The molecule has 1 aliphatic heterocycles. The van der Waals surface area contributed by atoms with E-state index in [2.05, 4.69) is 22.3 Å². The van der Waals surface area contributed by atoms with E-state index in [1.54, 1.807) is 6.92 Å². The highest BCUT2D eigenvalue weighted by Crippen LogP contribution is 2.64. The fourth-order valence-electron chi connectivity index (χ4n) is 2.89. The van der Waals surface area contributed by atoms with Crippen molar-refractivity contribution in [2.24, 2.45) is 5.41 Å². The number of benzene rings is 1. The van der Waals surface area contributed by atoms with Gasteiger partial charge in [-0.15, -0.1) is 23.2 Å². The lowest BCUT2D eigenvalue weighted by molar-refractivity contribution is -0.120. The molecule has 6 heteroatoms. The van der Waals surface area contributed by atoms with Gasteiger partial charge < -0.3 is 5.32 Å². The van der Waals surface area contributed by atoms with Gasteiger partial charge in [0.25, 0.3) is 0 Å². The van der Waals surface area contributed by atoms with Gasteiger partial charge >= 0.3 is 0 Å². The van der Waals surface area contributed by atoms with Crippen LogP contribution in [0.4, 0.5) is 5.69 Å². The lowest BCUT2D eigenvalue weighted by atomic mass is 10.1. The molecule has 0 spiro atoms. The summed E-state index contributed by atoms with van der Waals surface area (Å²) in [6.45, 7) is 7.09. The predicted octanol–water partition coefficient (Wildman–Crippen LogP) is 4.07. The topological polar surface area (TPSA) is 32.3 Å². The molecule has 1 aromatic rings. The molecular formula is C17H22Cl2N2OS. The molecule has 1 aromatic carbocycles. The molecule has 3 rings (SSSR count). The van der Waals surface area contributed by atoms with E-state index in [1.807, 2.05) is 24.8 Å². The number of amides is 1. The fourth-order valence-corrected chi connectivity index (χ4v) is 4.57. The summed E-state index contributed by atoms with van der Waals surface area (Å²) >= 11 is 14.2. The largest absolute Gasteiger partial charge is 0.325 e. The third kappa shape index (κ3) is 3.65. The standard InChI is InChI=1S/C17H22Cl2N2OS/c1-12-9-13(10-21-5-7-23-8-6-21)3-4-14(12)20-15(22)16(2)11-17(16,18)19/h3-4,9H,5-8,10-11H2,1-2H3,(H,20,22)/t16-/m0/s1. The number of anilines is 1. The minimum atomic E-state index is -0.933. The van der Waals surface area contributed by atoms with Crippen molar-refractivity contribution in [3.63, 3.8) is 0 Å². The number of alkyl halides is 2. The Hall–Kier alpha value is -0.420. The minimum absolute atomic E-state index is 0.105. The summed E-state index contributed by atoms with van der Waals surface area (Å²) in [6.07, 6.45) is 0.499. The van der Waals surface area contributed by atoms with Crippen molar-refractivity contribution in [1.29, 1.82) is 0 Å². The van der Waals surface area contributed by atoms with Crippen molar-refractivity contribution in [2.75, 3.05) is 29.9 Å². The second-order valence-corrected chi connectivity index (χ2v) is 9.41. The Kier molecular flexibility index (Phi) is 4.90. The van der Waals surface area contributed by atoms with Gasteiger partial charge in [0.05, 0.1) is 5.41 Å². The Morgan fingerprint density at radius 2 is 2.00 bits per heavy atom. The number of carbonyl (C=O) groups is 1. The number of carbonyl (C=O) groups excluding carboxylic acids is 1. The van der Waals surface area contributed by atoms with Gasteiger partial charge in [-0.3, -0.25) is 9.69 Å². The van der Waals surface area contributed by atoms with Crippen molar-refractivity contribution in [3.8, 4) is 0 Å². The molecule has 1 atom stereocenters. The number of nitrogens with zero attached hydrogens (tertiary/aromatic N) is 1. The van der Waals surface area contributed by atoms with E-state index in [0.717, 1.165) is 30.9 Å². The molecule has 0 bridgehead atoms. The van der Waals surface area contributed by atoms with Crippen LogP contribution in [0.3, 0.4) is 0 Å². The number of hydrogen-bond acceptors (Lipinski definition) is 3. The van der Waals surface area contributed by atoms with E-state index in [0.29, 0.717) is 6.42 Å². The van der Waals surface area contributed by atoms with Crippen molar-refractivity contribution < 1.29 is 4.79 Å². The molecular weight excluding hydrogens is 351 g/mol. The Morgan fingerprint density at radius 1 is 1.35 bits per heavy atom. The number of halogens is 2. The summed E-state index contributed by atoms with van der Waals surface area (Å²) in [4.78, 5) is 14.9. The SMILES string of the molecule is Cc1cc(CN2CCSCC2)ccc1NC(=O)[C@]1(C)CC1(Cl)Cl. The van der Waals surface area contributed by atoms with E-state index >= 15 is 0 Å². The predicted molar refractivity (Wildman–Crippen MR) is 99.6 cm³/mol. The second-order valence-electron chi connectivity index (χ2n) is 6.71. The van der Waals surface area contributed by atoms with Gasteiger partial charge in [-0.2, -0.15) is 11.8 Å². The smallest absolute Gasteiger partial charge is 0.233 e. The molecule has 2 aliphatic rings. The number of hydrogen-bond donors (Lipinski definition) is 1. The van der Waals surface area contributed by atoms with Crippen LogP contribution in [-0.4, -0.2) is 39.7 Å². The summed E-state index contributed by atoms with van der Waals surface area (Å²) in [6, 6.07) is 6.23. The first kappa shape index (κ1) is 17.4. The number of aryl methyl sites for hydroxylation is 1. The molecule has 1 saturated carbocycles. The third-order valence-corrected chi connectivity index (χ3v) is 6.85. The molecule has 1 heterocycles. The first-order chi connectivity index (χ1) is 10.8. The second kappa shape index (κ2) is 6.47. The van der Waals surface area contributed by atoms with Gasteiger partial charge in [0, 0.05) is 36.8 Å².